The zero-order chi connectivity index (χ0) is 14.6. The predicted molar refractivity (Wildman–Crippen MR) is 80.2 cm³/mol. The minimum absolute atomic E-state index is 0.0746. The molecule has 4 nitrogen and oxygen atoms in total. The summed E-state index contributed by atoms with van der Waals surface area (Å²) >= 11 is 1.57. The van der Waals surface area contributed by atoms with Crippen molar-refractivity contribution >= 4 is 33.3 Å². The number of aryl methyl sites for hydroxylation is 1. The van der Waals surface area contributed by atoms with Gasteiger partial charge < -0.3 is 10.6 Å². The van der Waals surface area contributed by atoms with E-state index in [4.69, 9.17) is 5.73 Å². The number of aromatic nitrogens is 2. The lowest BCUT2D eigenvalue weighted by atomic mass is 9.95. The Morgan fingerprint density at radius 1 is 1.19 bits per heavy atom. The van der Waals surface area contributed by atoms with Crippen LogP contribution in [0.4, 0.5) is 20.5 Å². The normalized spacial score (nSPS) is 21.0. The Bertz CT molecular complexity index is 707. The van der Waals surface area contributed by atoms with Gasteiger partial charge in [-0.15, -0.1) is 11.3 Å². The van der Waals surface area contributed by atoms with E-state index in [-0.39, 0.29) is 18.8 Å². The lowest BCUT2D eigenvalue weighted by Gasteiger charge is -2.21. The fourth-order valence-corrected chi connectivity index (χ4v) is 4.52. The molecule has 0 radical (unpaired) electrons. The molecule has 0 amide bonds. The van der Waals surface area contributed by atoms with Crippen molar-refractivity contribution < 1.29 is 8.78 Å². The number of nitrogens with two attached hydrogens (primary N) is 1. The van der Waals surface area contributed by atoms with Crippen LogP contribution < -0.4 is 10.6 Å². The van der Waals surface area contributed by atoms with Crippen molar-refractivity contribution in [3.63, 3.8) is 0 Å². The number of nitrogens with zero attached hydrogens (tertiary/aromatic N) is 3. The maximum atomic E-state index is 13.7. The first-order valence-electron chi connectivity index (χ1n) is 7.24. The Balaban J connectivity index is 1.91. The lowest BCUT2D eigenvalue weighted by Crippen LogP contribution is -2.25. The third-order valence-corrected chi connectivity index (χ3v) is 5.55. The van der Waals surface area contributed by atoms with Crippen LogP contribution in [0.2, 0.25) is 0 Å². The molecule has 2 aromatic heterocycles. The summed E-state index contributed by atoms with van der Waals surface area (Å²) in [5.74, 6) is -1.62. The highest BCUT2D eigenvalue weighted by Gasteiger charge is 2.37. The van der Waals surface area contributed by atoms with E-state index in [2.05, 4.69) is 14.9 Å². The minimum Gasteiger partial charge on any atom is -0.368 e. The van der Waals surface area contributed by atoms with Gasteiger partial charge in [0.1, 0.15) is 0 Å². The van der Waals surface area contributed by atoms with E-state index < -0.39 is 5.92 Å². The van der Waals surface area contributed by atoms with Gasteiger partial charge in [0.15, 0.2) is 5.82 Å². The molecule has 7 heteroatoms. The van der Waals surface area contributed by atoms with Crippen molar-refractivity contribution in [2.24, 2.45) is 0 Å². The zero-order valence-electron chi connectivity index (χ0n) is 11.5. The van der Waals surface area contributed by atoms with E-state index in [1.165, 1.54) is 0 Å². The number of nitrogen functional groups attached to an aromatic ring is 1. The van der Waals surface area contributed by atoms with Crippen LogP contribution in [-0.2, 0) is 12.8 Å². The summed E-state index contributed by atoms with van der Waals surface area (Å²) < 4.78 is 28.3. The SMILES string of the molecule is Nc1nc(N2CCCC2)c2sc3c(c2n1)CC(F)(F)CC3. The number of alkyl halides is 2. The quantitative estimate of drug-likeness (QED) is 0.880. The van der Waals surface area contributed by atoms with Gasteiger partial charge >= 0.3 is 0 Å². The van der Waals surface area contributed by atoms with E-state index in [0.29, 0.717) is 17.5 Å². The highest BCUT2D eigenvalue weighted by atomic mass is 32.1. The fraction of sp³-hybridized carbons (Fsp3) is 0.571. The van der Waals surface area contributed by atoms with Crippen LogP contribution >= 0.6 is 11.3 Å². The Hall–Kier alpha value is -1.50. The van der Waals surface area contributed by atoms with E-state index in [9.17, 15) is 8.78 Å². The predicted octanol–water partition coefficient (Wildman–Crippen LogP) is 3.00. The van der Waals surface area contributed by atoms with Gasteiger partial charge in [-0.05, 0) is 24.8 Å². The third kappa shape index (κ3) is 2.14. The average molecular weight is 310 g/mol. The molecular weight excluding hydrogens is 294 g/mol. The van der Waals surface area contributed by atoms with Crippen LogP contribution in [0.5, 0.6) is 0 Å². The van der Waals surface area contributed by atoms with Crippen molar-refractivity contribution in [1.29, 1.82) is 0 Å². The number of fused-ring (bicyclic) bond motifs is 3. The Morgan fingerprint density at radius 3 is 2.71 bits per heavy atom. The molecule has 0 bridgehead atoms. The number of anilines is 2. The summed E-state index contributed by atoms with van der Waals surface area (Å²) in [6.07, 6.45) is 2.39. The molecule has 21 heavy (non-hydrogen) atoms. The fourth-order valence-electron chi connectivity index (χ4n) is 3.24. The monoisotopic (exact) mass is 310 g/mol. The summed E-state index contributed by atoms with van der Waals surface area (Å²) in [6, 6.07) is 0. The molecule has 0 aromatic carbocycles. The van der Waals surface area contributed by atoms with Gasteiger partial charge in [0.25, 0.3) is 5.92 Å². The van der Waals surface area contributed by atoms with Gasteiger partial charge in [-0.2, -0.15) is 4.98 Å². The molecule has 0 spiro atoms. The standard InChI is InChI=1S/C14H16F2N4S/c15-14(16)4-3-9-8(7-14)10-11(21-9)12(19-13(17)18-10)20-5-1-2-6-20/h1-7H2,(H2,17,18,19). The van der Waals surface area contributed by atoms with E-state index >= 15 is 0 Å². The second-order valence-corrected chi connectivity index (χ2v) is 6.92. The molecule has 1 fully saturated rings. The van der Waals surface area contributed by atoms with Gasteiger partial charge in [-0.1, -0.05) is 0 Å². The van der Waals surface area contributed by atoms with Crippen molar-refractivity contribution in [2.75, 3.05) is 23.7 Å². The van der Waals surface area contributed by atoms with Gasteiger partial charge in [0.05, 0.1) is 10.2 Å². The summed E-state index contributed by atoms with van der Waals surface area (Å²) in [5, 5.41) is 0. The molecule has 2 aliphatic rings. The minimum atomic E-state index is -2.63. The number of rotatable bonds is 1. The Kier molecular flexibility index (Phi) is 2.82. The van der Waals surface area contributed by atoms with Crippen molar-refractivity contribution in [1.82, 2.24) is 9.97 Å². The number of thiophene rings is 1. The summed E-state index contributed by atoms with van der Waals surface area (Å²) in [5.41, 5.74) is 7.14. The summed E-state index contributed by atoms with van der Waals surface area (Å²) in [7, 11) is 0. The smallest absolute Gasteiger partial charge is 0.252 e. The highest BCUT2D eigenvalue weighted by Crippen LogP contribution is 2.43. The number of hydrogen-bond donors (Lipinski definition) is 1. The van der Waals surface area contributed by atoms with Crippen LogP contribution in [0.15, 0.2) is 0 Å². The molecule has 1 aliphatic heterocycles. The van der Waals surface area contributed by atoms with Crippen LogP contribution in [0.25, 0.3) is 10.2 Å². The third-order valence-electron chi connectivity index (χ3n) is 4.27. The number of hydrogen-bond acceptors (Lipinski definition) is 5. The maximum Gasteiger partial charge on any atom is 0.252 e. The van der Waals surface area contributed by atoms with Gasteiger partial charge in [-0.3, -0.25) is 0 Å². The number of halogens is 2. The van der Waals surface area contributed by atoms with Gasteiger partial charge in [-0.25, -0.2) is 13.8 Å². The summed E-state index contributed by atoms with van der Waals surface area (Å²) in [6.45, 7) is 1.90. The molecule has 2 aromatic rings. The van der Waals surface area contributed by atoms with Gasteiger partial charge in [0.2, 0.25) is 5.95 Å². The molecule has 4 rings (SSSR count). The first kappa shape index (κ1) is 13.2. The molecule has 112 valence electrons. The van der Waals surface area contributed by atoms with Crippen molar-refractivity contribution in [2.45, 2.75) is 38.0 Å². The second-order valence-electron chi connectivity index (χ2n) is 5.81. The van der Waals surface area contributed by atoms with Crippen LogP contribution in [-0.4, -0.2) is 29.0 Å². The van der Waals surface area contributed by atoms with E-state index in [1.54, 1.807) is 11.3 Å². The average Bonchev–Trinajstić information content (AvgIpc) is 3.05. The molecule has 0 unspecified atom stereocenters. The van der Waals surface area contributed by atoms with Crippen molar-refractivity contribution in [3.8, 4) is 0 Å². The highest BCUT2D eigenvalue weighted by molar-refractivity contribution is 7.19. The molecule has 0 atom stereocenters. The van der Waals surface area contributed by atoms with Crippen LogP contribution in [0.3, 0.4) is 0 Å². The van der Waals surface area contributed by atoms with Crippen molar-refractivity contribution in [3.05, 3.63) is 10.4 Å². The van der Waals surface area contributed by atoms with E-state index in [0.717, 1.165) is 41.3 Å². The maximum absolute atomic E-state index is 13.7. The van der Waals surface area contributed by atoms with Crippen LogP contribution in [0, 0.1) is 0 Å². The largest absolute Gasteiger partial charge is 0.368 e. The zero-order valence-corrected chi connectivity index (χ0v) is 12.3. The van der Waals surface area contributed by atoms with Gasteiger partial charge in [0, 0.05) is 30.8 Å². The first-order valence-corrected chi connectivity index (χ1v) is 8.06. The van der Waals surface area contributed by atoms with E-state index in [1.807, 2.05) is 0 Å². The topological polar surface area (TPSA) is 55.0 Å². The molecule has 3 heterocycles. The Labute approximate surface area is 125 Å². The molecule has 1 aliphatic carbocycles. The molecule has 1 saturated heterocycles. The molecular formula is C14H16F2N4S. The second kappa shape index (κ2) is 4.50. The Morgan fingerprint density at radius 2 is 1.95 bits per heavy atom. The first-order chi connectivity index (χ1) is 10.0. The lowest BCUT2D eigenvalue weighted by molar-refractivity contribution is -0.0113. The molecule has 0 saturated carbocycles. The summed E-state index contributed by atoms with van der Waals surface area (Å²) in [4.78, 5) is 11.9. The molecule has 2 N–H and O–H groups in total. The van der Waals surface area contributed by atoms with Crippen LogP contribution in [0.1, 0.15) is 29.7 Å².